The van der Waals surface area contributed by atoms with Gasteiger partial charge in [-0.2, -0.15) is 0 Å². The molecule has 0 aromatic heterocycles. The van der Waals surface area contributed by atoms with Gasteiger partial charge in [0, 0.05) is 23.0 Å². The zero-order valence-corrected chi connectivity index (χ0v) is 13.8. The van der Waals surface area contributed by atoms with E-state index in [4.69, 9.17) is 16.3 Å². The summed E-state index contributed by atoms with van der Waals surface area (Å²) in [6, 6.07) is 5.28. The molecule has 0 fully saturated rings. The second-order valence-electron chi connectivity index (χ2n) is 3.70. The molecule has 100 valence electrons. The van der Waals surface area contributed by atoms with Gasteiger partial charge in [0.2, 0.25) is 0 Å². The number of nitrogens with one attached hydrogen (secondary N) is 1. The second-order valence-corrected chi connectivity index (χ2v) is 6.23. The van der Waals surface area contributed by atoms with Crippen molar-refractivity contribution in [3.63, 3.8) is 0 Å². The number of carbonyl (C=O) groups excluding carboxylic acids is 1. The molecule has 3 nitrogen and oxygen atoms in total. The fraction of sp³-hybridized carbons (Fsp3) is 0.417. The molecule has 1 atom stereocenters. The zero-order valence-electron chi connectivity index (χ0n) is 9.88. The molecule has 1 N–H and O–H groups in total. The second kappa shape index (κ2) is 8.15. The van der Waals surface area contributed by atoms with Crippen LogP contribution in [0.3, 0.4) is 0 Å². The fourth-order valence-corrected chi connectivity index (χ4v) is 2.45. The normalized spacial score (nSPS) is 12.2. The minimum atomic E-state index is -0.168. The van der Waals surface area contributed by atoms with Gasteiger partial charge in [0.25, 0.3) is 5.91 Å². The number of amides is 1. The Morgan fingerprint density at radius 2 is 2.28 bits per heavy atom. The monoisotopic (exact) mass is 397 g/mol. The molecule has 0 aliphatic carbocycles. The number of ether oxygens (including phenoxy) is 1. The van der Waals surface area contributed by atoms with E-state index < -0.39 is 0 Å². The lowest BCUT2D eigenvalue weighted by atomic mass is 10.2. The van der Waals surface area contributed by atoms with Crippen molar-refractivity contribution in [3.8, 4) is 0 Å². The predicted octanol–water partition coefficient (Wildman–Crippen LogP) is 3.63. The molecule has 1 unspecified atom stereocenters. The Hall–Kier alpha value is -0.100. The van der Waals surface area contributed by atoms with Crippen LogP contribution in [-0.2, 0) is 4.74 Å². The number of carbonyl (C=O) groups is 1. The van der Waals surface area contributed by atoms with E-state index in [1.165, 1.54) is 0 Å². The molecular formula is C12H14Br2ClNO2. The third-order valence-corrected chi connectivity index (χ3v) is 4.31. The molecule has 0 bridgehead atoms. The van der Waals surface area contributed by atoms with Crippen molar-refractivity contribution in [1.29, 1.82) is 0 Å². The highest BCUT2D eigenvalue weighted by Gasteiger charge is 2.12. The van der Waals surface area contributed by atoms with Crippen LogP contribution in [0.25, 0.3) is 0 Å². The zero-order chi connectivity index (χ0) is 13.5. The molecule has 0 aliphatic rings. The SMILES string of the molecule is COCC(Br)CCNC(=O)c1cccc(Br)c1Cl. The summed E-state index contributed by atoms with van der Waals surface area (Å²) in [5, 5.41) is 3.26. The van der Waals surface area contributed by atoms with Gasteiger partial charge in [-0.05, 0) is 34.5 Å². The van der Waals surface area contributed by atoms with Gasteiger partial charge in [-0.15, -0.1) is 0 Å². The predicted molar refractivity (Wildman–Crippen MR) is 80.7 cm³/mol. The molecule has 1 aromatic carbocycles. The number of alkyl halides is 1. The van der Waals surface area contributed by atoms with Crippen LogP contribution in [0.5, 0.6) is 0 Å². The third kappa shape index (κ3) is 4.88. The molecule has 18 heavy (non-hydrogen) atoms. The molecule has 1 aromatic rings. The molecule has 1 amide bonds. The average molecular weight is 400 g/mol. The van der Waals surface area contributed by atoms with Gasteiger partial charge in [0.1, 0.15) is 0 Å². The van der Waals surface area contributed by atoms with Gasteiger partial charge in [-0.3, -0.25) is 4.79 Å². The van der Waals surface area contributed by atoms with Crippen LogP contribution in [0, 0.1) is 0 Å². The molecule has 0 aliphatic heterocycles. The number of methoxy groups -OCH3 is 1. The van der Waals surface area contributed by atoms with Crippen LogP contribution in [0.15, 0.2) is 22.7 Å². The molecule has 0 radical (unpaired) electrons. The topological polar surface area (TPSA) is 38.3 Å². The fourth-order valence-electron chi connectivity index (χ4n) is 1.38. The first-order chi connectivity index (χ1) is 8.56. The Labute approximate surface area is 128 Å². The lowest BCUT2D eigenvalue weighted by Gasteiger charge is -2.10. The van der Waals surface area contributed by atoms with Crippen LogP contribution in [0.4, 0.5) is 0 Å². The summed E-state index contributed by atoms with van der Waals surface area (Å²) >= 11 is 12.8. The van der Waals surface area contributed by atoms with Crippen molar-refractivity contribution < 1.29 is 9.53 Å². The van der Waals surface area contributed by atoms with Crippen LogP contribution in [0.1, 0.15) is 16.8 Å². The minimum absolute atomic E-state index is 0.168. The van der Waals surface area contributed by atoms with Gasteiger partial charge in [-0.25, -0.2) is 0 Å². The van der Waals surface area contributed by atoms with Crippen molar-refractivity contribution in [2.75, 3.05) is 20.3 Å². The molecule has 6 heteroatoms. The summed E-state index contributed by atoms with van der Waals surface area (Å²) in [6.07, 6.45) is 0.797. The summed E-state index contributed by atoms with van der Waals surface area (Å²) in [6.45, 7) is 1.19. The van der Waals surface area contributed by atoms with Gasteiger partial charge >= 0.3 is 0 Å². The van der Waals surface area contributed by atoms with Gasteiger partial charge in [-0.1, -0.05) is 33.6 Å². The van der Waals surface area contributed by atoms with E-state index in [-0.39, 0.29) is 10.7 Å². The van der Waals surface area contributed by atoms with Gasteiger partial charge in [0.15, 0.2) is 0 Å². The number of hydrogen-bond donors (Lipinski definition) is 1. The summed E-state index contributed by atoms with van der Waals surface area (Å²) in [4.78, 5) is 12.1. The van der Waals surface area contributed by atoms with Crippen LogP contribution in [-0.4, -0.2) is 31.0 Å². The standard InChI is InChI=1S/C12H14Br2ClNO2/c1-18-7-8(13)5-6-16-12(17)9-3-2-4-10(14)11(9)15/h2-4,8H,5-7H2,1H3,(H,16,17). The maximum absolute atomic E-state index is 11.9. The smallest absolute Gasteiger partial charge is 0.252 e. The van der Waals surface area contributed by atoms with Gasteiger partial charge < -0.3 is 10.1 Å². The third-order valence-electron chi connectivity index (χ3n) is 2.29. The summed E-state index contributed by atoms with van der Waals surface area (Å²) in [5.41, 5.74) is 0.476. The number of halogens is 3. The van der Waals surface area contributed by atoms with E-state index >= 15 is 0 Å². The van der Waals surface area contributed by atoms with Gasteiger partial charge in [0.05, 0.1) is 17.2 Å². The quantitative estimate of drug-likeness (QED) is 0.742. The van der Waals surface area contributed by atoms with Crippen molar-refractivity contribution in [3.05, 3.63) is 33.3 Å². The molecule has 0 saturated carbocycles. The average Bonchev–Trinajstić information content (AvgIpc) is 2.33. The minimum Gasteiger partial charge on any atom is -0.384 e. The number of rotatable bonds is 6. The van der Waals surface area contributed by atoms with E-state index in [0.29, 0.717) is 23.7 Å². The lowest BCUT2D eigenvalue weighted by molar-refractivity contribution is 0.0952. The maximum Gasteiger partial charge on any atom is 0.252 e. The maximum atomic E-state index is 11.9. The van der Waals surface area contributed by atoms with Crippen molar-refractivity contribution in [1.82, 2.24) is 5.32 Å². The summed E-state index contributed by atoms with van der Waals surface area (Å²) in [7, 11) is 1.65. The van der Waals surface area contributed by atoms with E-state index in [9.17, 15) is 4.79 Å². The van der Waals surface area contributed by atoms with Crippen LogP contribution in [0.2, 0.25) is 5.02 Å². The largest absolute Gasteiger partial charge is 0.384 e. The van der Waals surface area contributed by atoms with Crippen molar-refractivity contribution in [2.24, 2.45) is 0 Å². The van der Waals surface area contributed by atoms with Crippen LogP contribution < -0.4 is 5.32 Å². The molecule has 0 heterocycles. The van der Waals surface area contributed by atoms with E-state index in [0.717, 1.165) is 10.9 Å². The highest BCUT2D eigenvalue weighted by atomic mass is 79.9. The van der Waals surface area contributed by atoms with E-state index in [2.05, 4.69) is 37.2 Å². The van der Waals surface area contributed by atoms with Crippen LogP contribution >= 0.6 is 43.5 Å². The summed E-state index contributed by atoms with van der Waals surface area (Å²) in [5.74, 6) is -0.168. The molecule has 1 rings (SSSR count). The van der Waals surface area contributed by atoms with E-state index in [1.54, 1.807) is 25.3 Å². The molecule has 0 saturated heterocycles. The Bertz CT molecular complexity index is 415. The van der Waals surface area contributed by atoms with E-state index in [1.807, 2.05) is 0 Å². The number of benzene rings is 1. The van der Waals surface area contributed by atoms with Crippen molar-refractivity contribution >= 4 is 49.4 Å². The first kappa shape index (κ1) is 16.0. The first-order valence-electron chi connectivity index (χ1n) is 5.41. The highest BCUT2D eigenvalue weighted by Crippen LogP contribution is 2.25. The molecule has 0 spiro atoms. The highest BCUT2D eigenvalue weighted by molar-refractivity contribution is 9.10. The Morgan fingerprint density at radius 1 is 1.56 bits per heavy atom. The summed E-state index contributed by atoms with van der Waals surface area (Å²) < 4.78 is 5.71. The Kier molecular flexibility index (Phi) is 7.22. The first-order valence-corrected chi connectivity index (χ1v) is 7.50. The lowest BCUT2D eigenvalue weighted by Crippen LogP contribution is -2.27. The van der Waals surface area contributed by atoms with Crippen molar-refractivity contribution in [2.45, 2.75) is 11.2 Å². The Balaban J connectivity index is 2.48. The Morgan fingerprint density at radius 3 is 2.94 bits per heavy atom. The number of hydrogen-bond acceptors (Lipinski definition) is 2. The molecular weight excluding hydrogens is 385 g/mol.